The minimum Gasteiger partial charge on any atom is -0.462 e. The highest BCUT2D eigenvalue weighted by atomic mass is 32.2. The van der Waals surface area contributed by atoms with Crippen molar-refractivity contribution in [2.45, 2.75) is 75.5 Å². The Labute approximate surface area is 335 Å². The second-order valence-corrected chi connectivity index (χ2v) is 16.4. The van der Waals surface area contributed by atoms with Gasteiger partial charge in [0, 0.05) is 19.6 Å². The standard InChI is InChI=1S/C36H65N3O12S3/c1-9-54-30(4)36(45)51-27-24-48-31(40)12-19-38(16-10-15-37(5)6)17-11-18-39(20-13-32(41)46-22-25-49-34(43)28(2)52-7)21-14-33(42)47-23-26-50-35(44)29(3)53-8/h28-30H,9-27H2,1-8H3. The van der Waals surface area contributed by atoms with Crippen molar-refractivity contribution in [2.24, 2.45) is 0 Å². The Morgan fingerprint density at radius 1 is 0.481 bits per heavy atom. The van der Waals surface area contributed by atoms with Crippen molar-refractivity contribution in [3.05, 3.63) is 0 Å². The molecular weight excluding hydrogens is 763 g/mol. The van der Waals surface area contributed by atoms with Crippen LogP contribution in [0.1, 0.15) is 59.8 Å². The van der Waals surface area contributed by atoms with E-state index in [-0.39, 0.29) is 98.5 Å². The van der Waals surface area contributed by atoms with Gasteiger partial charge in [-0.2, -0.15) is 23.5 Å². The van der Waals surface area contributed by atoms with Crippen molar-refractivity contribution in [3.8, 4) is 0 Å². The lowest BCUT2D eigenvalue weighted by atomic mass is 10.2. The van der Waals surface area contributed by atoms with Gasteiger partial charge in [0.2, 0.25) is 0 Å². The van der Waals surface area contributed by atoms with Crippen molar-refractivity contribution in [1.29, 1.82) is 0 Å². The lowest BCUT2D eigenvalue weighted by molar-refractivity contribution is -0.152. The summed E-state index contributed by atoms with van der Waals surface area (Å²) in [7, 11) is 4.00. The number of carbonyl (C=O) groups excluding carboxylic acids is 6. The Balaban J connectivity index is 5.10. The van der Waals surface area contributed by atoms with Gasteiger partial charge in [0.1, 0.15) is 39.6 Å². The SMILES string of the molecule is CCSC(C)C(=O)OCCOC(=O)CCN(CCCN(C)C)CCCN(CCC(=O)OCCOC(=O)C(C)SC)CCC(=O)OCCOC(=O)C(C)SC. The molecule has 0 amide bonds. The highest BCUT2D eigenvalue weighted by molar-refractivity contribution is 8.00. The quantitative estimate of drug-likeness (QED) is 0.0538. The molecule has 0 spiro atoms. The molecule has 3 atom stereocenters. The average molecular weight is 828 g/mol. The smallest absolute Gasteiger partial charge is 0.318 e. The molecule has 0 radical (unpaired) electrons. The van der Waals surface area contributed by atoms with E-state index in [1.165, 1.54) is 35.3 Å². The minimum absolute atomic E-state index is 0.000709. The van der Waals surface area contributed by atoms with Gasteiger partial charge in [-0.1, -0.05) is 6.92 Å². The van der Waals surface area contributed by atoms with Crippen LogP contribution in [0.3, 0.4) is 0 Å². The molecule has 0 rings (SSSR count). The number of hydrogen-bond donors (Lipinski definition) is 0. The normalized spacial score (nSPS) is 12.9. The van der Waals surface area contributed by atoms with Gasteiger partial charge in [-0.15, -0.1) is 11.8 Å². The molecule has 0 N–H and O–H groups in total. The number of thioether (sulfide) groups is 3. The van der Waals surface area contributed by atoms with Crippen LogP contribution in [0.15, 0.2) is 0 Å². The summed E-state index contributed by atoms with van der Waals surface area (Å²) in [6, 6.07) is 0. The summed E-state index contributed by atoms with van der Waals surface area (Å²) in [6.07, 6.45) is 5.51. The largest absolute Gasteiger partial charge is 0.462 e. The van der Waals surface area contributed by atoms with Gasteiger partial charge in [-0.3, -0.25) is 28.8 Å². The summed E-state index contributed by atoms with van der Waals surface area (Å²) in [5, 5.41) is -0.883. The minimum atomic E-state index is -0.453. The second kappa shape index (κ2) is 32.9. The van der Waals surface area contributed by atoms with E-state index in [1.807, 2.05) is 25.9 Å². The molecule has 0 heterocycles. The van der Waals surface area contributed by atoms with E-state index >= 15 is 0 Å². The molecule has 3 unspecified atom stereocenters. The van der Waals surface area contributed by atoms with Crippen LogP contribution in [0.5, 0.6) is 0 Å². The van der Waals surface area contributed by atoms with Crippen LogP contribution in [-0.4, -0.2) is 184 Å². The van der Waals surface area contributed by atoms with Gasteiger partial charge in [0.05, 0.1) is 35.0 Å². The van der Waals surface area contributed by atoms with Crippen LogP contribution in [0.2, 0.25) is 0 Å². The zero-order chi connectivity index (χ0) is 40.7. The van der Waals surface area contributed by atoms with Gasteiger partial charge in [-0.25, -0.2) is 0 Å². The third-order valence-electron chi connectivity index (χ3n) is 7.82. The Bertz CT molecular complexity index is 1040. The third kappa shape index (κ3) is 28.2. The molecule has 54 heavy (non-hydrogen) atoms. The molecule has 0 aliphatic heterocycles. The number of carbonyl (C=O) groups is 6. The number of rotatable bonds is 33. The predicted octanol–water partition coefficient (Wildman–Crippen LogP) is 3.01. The van der Waals surface area contributed by atoms with Crippen LogP contribution in [0, 0.1) is 0 Å². The number of esters is 6. The van der Waals surface area contributed by atoms with E-state index in [2.05, 4.69) is 9.80 Å². The molecule has 0 fully saturated rings. The summed E-state index contributed by atoms with van der Waals surface area (Å²) in [5.74, 6) is -1.54. The van der Waals surface area contributed by atoms with Crippen molar-refractivity contribution in [2.75, 3.05) is 118 Å². The fourth-order valence-corrected chi connectivity index (χ4v) is 5.74. The highest BCUT2D eigenvalue weighted by Gasteiger charge is 2.18. The second-order valence-electron chi connectivity index (χ2n) is 12.5. The first kappa shape index (κ1) is 51.8. The molecule has 0 saturated carbocycles. The first-order chi connectivity index (χ1) is 25.7. The molecular formula is C36H65N3O12S3. The lowest BCUT2D eigenvalue weighted by Crippen LogP contribution is -2.35. The molecule has 0 aromatic rings. The maximum Gasteiger partial charge on any atom is 0.318 e. The highest BCUT2D eigenvalue weighted by Crippen LogP contribution is 2.11. The zero-order valence-electron chi connectivity index (χ0n) is 33.6. The average Bonchev–Trinajstić information content (AvgIpc) is 3.15. The molecule has 0 aromatic carbocycles. The molecule has 0 bridgehead atoms. The Hall–Kier alpha value is -2.25. The fourth-order valence-electron chi connectivity index (χ4n) is 4.52. The summed E-state index contributed by atoms with van der Waals surface area (Å²) in [4.78, 5) is 79.4. The van der Waals surface area contributed by atoms with E-state index < -0.39 is 11.9 Å². The summed E-state index contributed by atoms with van der Waals surface area (Å²) in [6.45, 7) is 11.1. The van der Waals surface area contributed by atoms with Crippen molar-refractivity contribution in [1.82, 2.24) is 14.7 Å². The first-order valence-electron chi connectivity index (χ1n) is 18.5. The Kier molecular flexibility index (Phi) is 31.6. The first-order valence-corrected chi connectivity index (χ1v) is 22.1. The topological polar surface area (TPSA) is 168 Å². The number of ether oxygens (including phenoxy) is 6. The monoisotopic (exact) mass is 827 g/mol. The maximum absolute atomic E-state index is 12.5. The van der Waals surface area contributed by atoms with E-state index in [4.69, 9.17) is 28.4 Å². The summed E-state index contributed by atoms with van der Waals surface area (Å²) < 4.78 is 31.2. The van der Waals surface area contributed by atoms with Crippen molar-refractivity contribution < 1.29 is 57.2 Å². The molecule has 0 aliphatic rings. The van der Waals surface area contributed by atoms with Gasteiger partial charge in [0.25, 0.3) is 0 Å². The lowest BCUT2D eigenvalue weighted by Gasteiger charge is -2.26. The van der Waals surface area contributed by atoms with E-state index in [9.17, 15) is 28.8 Å². The summed E-state index contributed by atoms with van der Waals surface area (Å²) >= 11 is 4.22. The molecule has 18 heteroatoms. The van der Waals surface area contributed by atoms with Crippen LogP contribution < -0.4 is 0 Å². The van der Waals surface area contributed by atoms with E-state index in [0.29, 0.717) is 39.1 Å². The Morgan fingerprint density at radius 2 is 0.796 bits per heavy atom. The number of nitrogens with zero attached hydrogens (tertiary/aromatic N) is 3. The van der Waals surface area contributed by atoms with Crippen molar-refractivity contribution in [3.63, 3.8) is 0 Å². The van der Waals surface area contributed by atoms with E-state index in [0.717, 1.165) is 25.3 Å². The van der Waals surface area contributed by atoms with Crippen LogP contribution >= 0.6 is 35.3 Å². The van der Waals surface area contributed by atoms with Gasteiger partial charge in [-0.05, 0) is 92.2 Å². The third-order valence-corrected chi connectivity index (χ3v) is 10.6. The van der Waals surface area contributed by atoms with Crippen LogP contribution in [0.4, 0.5) is 0 Å². The predicted molar refractivity (Wildman–Crippen MR) is 214 cm³/mol. The van der Waals surface area contributed by atoms with Crippen LogP contribution in [0.25, 0.3) is 0 Å². The molecule has 15 nitrogen and oxygen atoms in total. The van der Waals surface area contributed by atoms with Gasteiger partial charge < -0.3 is 43.1 Å². The van der Waals surface area contributed by atoms with Crippen LogP contribution in [-0.2, 0) is 57.2 Å². The zero-order valence-corrected chi connectivity index (χ0v) is 36.1. The maximum atomic E-state index is 12.5. The van der Waals surface area contributed by atoms with Gasteiger partial charge >= 0.3 is 35.8 Å². The fraction of sp³-hybridized carbons (Fsp3) is 0.833. The van der Waals surface area contributed by atoms with E-state index in [1.54, 1.807) is 33.3 Å². The summed E-state index contributed by atoms with van der Waals surface area (Å²) in [5.41, 5.74) is 0. The Morgan fingerprint density at radius 3 is 1.13 bits per heavy atom. The van der Waals surface area contributed by atoms with Gasteiger partial charge in [0.15, 0.2) is 0 Å². The molecule has 314 valence electrons. The molecule has 0 aromatic heterocycles. The molecule has 0 saturated heterocycles. The van der Waals surface area contributed by atoms with Crippen molar-refractivity contribution >= 4 is 71.1 Å². The number of hydrogen-bond acceptors (Lipinski definition) is 18. The molecule has 0 aliphatic carbocycles.